The van der Waals surface area contributed by atoms with Crippen LogP contribution < -0.4 is 10.6 Å². The molecule has 2 N–H and O–H groups in total. The second kappa shape index (κ2) is 7.54. The largest absolute Gasteiger partial charge is 0.465 e. The van der Waals surface area contributed by atoms with Gasteiger partial charge in [-0.25, -0.2) is 4.79 Å². The molecule has 1 aromatic carbocycles. The van der Waals surface area contributed by atoms with Crippen molar-refractivity contribution in [2.75, 3.05) is 19.5 Å². The van der Waals surface area contributed by atoms with E-state index in [1.54, 1.807) is 6.07 Å². The summed E-state index contributed by atoms with van der Waals surface area (Å²) >= 11 is 6.22. The lowest BCUT2D eigenvalue weighted by atomic mass is 9.77. The number of hydrogen-bond acceptors (Lipinski definition) is 4. The van der Waals surface area contributed by atoms with Gasteiger partial charge in [0.1, 0.15) is 0 Å². The SMILES string of the molecule is CCC1(Nc2cc(Cl)cc(C(=O)OC)c2C)CCC(NC)CC1. The molecule has 0 atom stereocenters. The summed E-state index contributed by atoms with van der Waals surface area (Å²) in [7, 11) is 3.42. The first-order chi connectivity index (χ1) is 10.9. The number of esters is 1. The van der Waals surface area contributed by atoms with Gasteiger partial charge in [-0.05, 0) is 63.8 Å². The number of carbonyl (C=O) groups excluding carboxylic acids is 1. The van der Waals surface area contributed by atoms with Gasteiger partial charge in [0.15, 0.2) is 0 Å². The second-order valence-corrected chi connectivity index (χ2v) is 6.88. The summed E-state index contributed by atoms with van der Waals surface area (Å²) < 4.78 is 4.86. The predicted octanol–water partition coefficient (Wildman–Crippen LogP) is 4.16. The fourth-order valence-electron chi connectivity index (χ4n) is 3.44. The quantitative estimate of drug-likeness (QED) is 0.791. The van der Waals surface area contributed by atoms with Gasteiger partial charge in [0.2, 0.25) is 0 Å². The van der Waals surface area contributed by atoms with Crippen LogP contribution in [0.15, 0.2) is 12.1 Å². The monoisotopic (exact) mass is 338 g/mol. The molecule has 1 fully saturated rings. The number of hydrogen-bond donors (Lipinski definition) is 2. The highest BCUT2D eigenvalue weighted by Gasteiger charge is 2.34. The van der Waals surface area contributed by atoms with E-state index in [0.29, 0.717) is 16.6 Å². The van der Waals surface area contributed by atoms with Gasteiger partial charge in [-0.3, -0.25) is 0 Å². The van der Waals surface area contributed by atoms with Crippen LogP contribution in [0.2, 0.25) is 5.02 Å². The Kier molecular flexibility index (Phi) is 5.93. The second-order valence-electron chi connectivity index (χ2n) is 6.44. The summed E-state index contributed by atoms with van der Waals surface area (Å²) in [6, 6.07) is 4.18. The van der Waals surface area contributed by atoms with E-state index in [1.807, 2.05) is 20.0 Å². The molecule has 0 spiro atoms. The van der Waals surface area contributed by atoms with Crippen molar-refractivity contribution in [1.82, 2.24) is 5.32 Å². The molecule has 0 heterocycles. The summed E-state index contributed by atoms with van der Waals surface area (Å²) in [5, 5.41) is 7.62. The minimum atomic E-state index is -0.350. The molecule has 2 rings (SSSR count). The van der Waals surface area contributed by atoms with E-state index in [1.165, 1.54) is 7.11 Å². The molecule has 0 amide bonds. The molecule has 5 heteroatoms. The number of nitrogens with one attached hydrogen (secondary N) is 2. The molecule has 1 aliphatic carbocycles. The zero-order chi connectivity index (χ0) is 17.0. The highest BCUT2D eigenvalue weighted by atomic mass is 35.5. The summed E-state index contributed by atoms with van der Waals surface area (Å²) in [6.45, 7) is 4.15. The number of carbonyl (C=O) groups is 1. The van der Waals surface area contributed by atoms with Gasteiger partial charge < -0.3 is 15.4 Å². The maximum absolute atomic E-state index is 11.9. The average Bonchev–Trinajstić information content (AvgIpc) is 2.57. The van der Waals surface area contributed by atoms with Crippen LogP contribution in [-0.4, -0.2) is 31.7 Å². The summed E-state index contributed by atoms with van der Waals surface area (Å²) in [6.07, 6.45) is 5.56. The lowest BCUT2D eigenvalue weighted by molar-refractivity contribution is 0.0600. The Morgan fingerprint density at radius 1 is 1.39 bits per heavy atom. The van der Waals surface area contributed by atoms with Crippen LogP contribution >= 0.6 is 11.6 Å². The summed E-state index contributed by atoms with van der Waals surface area (Å²) in [5.41, 5.74) is 2.42. The first-order valence-electron chi connectivity index (χ1n) is 8.28. The molecule has 23 heavy (non-hydrogen) atoms. The van der Waals surface area contributed by atoms with Crippen molar-refractivity contribution >= 4 is 23.3 Å². The van der Waals surface area contributed by atoms with E-state index in [4.69, 9.17) is 16.3 Å². The minimum absolute atomic E-state index is 0.0657. The van der Waals surface area contributed by atoms with Crippen molar-refractivity contribution in [2.45, 2.75) is 57.5 Å². The highest BCUT2D eigenvalue weighted by Crippen LogP contribution is 2.36. The standard InChI is InChI=1S/C18H27ClN2O2/c1-5-18(8-6-14(20-3)7-9-18)21-16-11-13(19)10-15(12(16)2)17(22)23-4/h10-11,14,20-21H,5-9H2,1-4H3. The fraction of sp³-hybridized carbons (Fsp3) is 0.611. The molecule has 128 valence electrons. The van der Waals surface area contributed by atoms with Crippen LogP contribution in [0.1, 0.15) is 54.9 Å². The van der Waals surface area contributed by atoms with Crippen LogP contribution in [0.25, 0.3) is 0 Å². The molecule has 1 aromatic rings. The molecular weight excluding hydrogens is 312 g/mol. The topological polar surface area (TPSA) is 50.4 Å². The van der Waals surface area contributed by atoms with Crippen molar-refractivity contribution in [3.8, 4) is 0 Å². The first-order valence-corrected chi connectivity index (χ1v) is 8.66. The maximum Gasteiger partial charge on any atom is 0.338 e. The number of methoxy groups -OCH3 is 1. The molecule has 4 nitrogen and oxygen atoms in total. The van der Waals surface area contributed by atoms with Crippen LogP contribution in [-0.2, 0) is 4.74 Å². The van der Waals surface area contributed by atoms with Gasteiger partial charge >= 0.3 is 5.97 Å². The Morgan fingerprint density at radius 3 is 2.57 bits per heavy atom. The Hall–Kier alpha value is -1.26. The zero-order valence-corrected chi connectivity index (χ0v) is 15.2. The first kappa shape index (κ1) is 18.1. The van der Waals surface area contributed by atoms with Crippen molar-refractivity contribution < 1.29 is 9.53 Å². The number of halogens is 1. The zero-order valence-electron chi connectivity index (χ0n) is 14.5. The molecule has 1 aliphatic rings. The highest BCUT2D eigenvalue weighted by molar-refractivity contribution is 6.31. The van der Waals surface area contributed by atoms with E-state index in [-0.39, 0.29) is 11.5 Å². The van der Waals surface area contributed by atoms with Crippen LogP contribution in [0.4, 0.5) is 5.69 Å². The normalized spacial score (nSPS) is 24.3. The van der Waals surface area contributed by atoms with E-state index in [2.05, 4.69) is 17.6 Å². The lowest BCUT2D eigenvalue weighted by Crippen LogP contribution is -2.45. The van der Waals surface area contributed by atoms with Gasteiger partial charge in [-0.15, -0.1) is 0 Å². The van der Waals surface area contributed by atoms with Crippen LogP contribution in [0.3, 0.4) is 0 Å². The Morgan fingerprint density at radius 2 is 2.04 bits per heavy atom. The van der Waals surface area contributed by atoms with Gasteiger partial charge in [0, 0.05) is 22.3 Å². The van der Waals surface area contributed by atoms with Crippen molar-refractivity contribution in [2.24, 2.45) is 0 Å². The molecule has 0 saturated heterocycles. The molecule has 0 unspecified atom stereocenters. The van der Waals surface area contributed by atoms with Gasteiger partial charge in [-0.2, -0.15) is 0 Å². The van der Waals surface area contributed by atoms with Crippen molar-refractivity contribution in [3.63, 3.8) is 0 Å². The van der Waals surface area contributed by atoms with E-state index in [0.717, 1.165) is 43.4 Å². The average molecular weight is 339 g/mol. The van der Waals surface area contributed by atoms with Crippen molar-refractivity contribution in [3.05, 3.63) is 28.3 Å². The number of benzene rings is 1. The number of anilines is 1. The van der Waals surface area contributed by atoms with E-state index < -0.39 is 0 Å². The Labute approximate surface area is 143 Å². The fourth-order valence-corrected chi connectivity index (χ4v) is 3.66. The third-order valence-corrected chi connectivity index (χ3v) is 5.42. The maximum atomic E-state index is 11.9. The molecule has 1 saturated carbocycles. The minimum Gasteiger partial charge on any atom is -0.465 e. The molecule has 0 bridgehead atoms. The lowest BCUT2D eigenvalue weighted by Gasteiger charge is -2.41. The predicted molar refractivity (Wildman–Crippen MR) is 95.5 cm³/mol. The van der Waals surface area contributed by atoms with E-state index in [9.17, 15) is 4.79 Å². The molecular formula is C18H27ClN2O2. The van der Waals surface area contributed by atoms with E-state index >= 15 is 0 Å². The summed E-state index contributed by atoms with van der Waals surface area (Å²) in [5.74, 6) is -0.350. The van der Waals surface area contributed by atoms with Crippen LogP contribution in [0, 0.1) is 6.92 Å². The summed E-state index contributed by atoms with van der Waals surface area (Å²) in [4.78, 5) is 11.9. The third kappa shape index (κ3) is 3.99. The molecule has 0 aromatic heterocycles. The smallest absolute Gasteiger partial charge is 0.338 e. The van der Waals surface area contributed by atoms with Crippen LogP contribution in [0.5, 0.6) is 0 Å². The Balaban J connectivity index is 2.28. The van der Waals surface area contributed by atoms with Gasteiger partial charge in [0.25, 0.3) is 0 Å². The van der Waals surface area contributed by atoms with Crippen molar-refractivity contribution in [1.29, 1.82) is 0 Å². The van der Waals surface area contributed by atoms with Gasteiger partial charge in [-0.1, -0.05) is 18.5 Å². The third-order valence-electron chi connectivity index (χ3n) is 5.21. The molecule has 0 radical (unpaired) electrons. The number of ether oxygens (including phenoxy) is 1. The molecule has 0 aliphatic heterocycles. The Bertz CT molecular complexity index is 566. The number of rotatable bonds is 5. The van der Waals surface area contributed by atoms with Gasteiger partial charge in [0.05, 0.1) is 12.7 Å².